The minimum atomic E-state index is -0.993. The van der Waals surface area contributed by atoms with Crippen molar-refractivity contribution in [1.29, 1.82) is 0 Å². The number of hydrogen-bond acceptors (Lipinski definition) is 5. The van der Waals surface area contributed by atoms with Crippen LogP contribution in [0, 0.1) is 0 Å². The van der Waals surface area contributed by atoms with Crippen molar-refractivity contribution >= 4 is 16.9 Å². The van der Waals surface area contributed by atoms with Crippen molar-refractivity contribution in [2.45, 2.75) is 32.6 Å². The smallest absolute Gasteiger partial charge is 0.185 e. The maximum absolute atomic E-state index is 10.7. The molecule has 0 fully saturated rings. The van der Waals surface area contributed by atoms with Crippen LogP contribution in [0.3, 0.4) is 0 Å². The zero-order valence-electron chi connectivity index (χ0n) is 9.33. The van der Waals surface area contributed by atoms with E-state index in [0.29, 0.717) is 12.1 Å². The molecule has 1 aromatic rings. The molecule has 6 heteroatoms. The first-order valence-electron chi connectivity index (χ1n) is 5.06. The summed E-state index contributed by atoms with van der Waals surface area (Å²) >= 11 is 0.999. The molecule has 2 N–H and O–H groups in total. The lowest BCUT2D eigenvalue weighted by atomic mass is 10.1. The summed E-state index contributed by atoms with van der Waals surface area (Å²) in [6.07, 6.45) is 1.26. The lowest BCUT2D eigenvalue weighted by molar-refractivity contribution is -0.109. The van der Waals surface area contributed by atoms with Crippen molar-refractivity contribution < 1.29 is 15.0 Å². The van der Waals surface area contributed by atoms with E-state index in [-0.39, 0.29) is 10.9 Å². The Balaban J connectivity index is 2.55. The molecule has 16 heavy (non-hydrogen) atoms. The van der Waals surface area contributed by atoms with Gasteiger partial charge in [0.25, 0.3) is 0 Å². The molecule has 1 heterocycles. The molecular weight excluding hydrogens is 228 g/mol. The van der Waals surface area contributed by atoms with Gasteiger partial charge in [-0.05, 0) is 6.92 Å². The van der Waals surface area contributed by atoms with Gasteiger partial charge in [-0.1, -0.05) is 11.8 Å². The first-order valence-corrected chi connectivity index (χ1v) is 6.05. The minimum absolute atomic E-state index is 0.0736. The van der Waals surface area contributed by atoms with Gasteiger partial charge in [0, 0.05) is 31.0 Å². The second-order valence-corrected chi connectivity index (χ2v) is 4.64. The lowest BCUT2D eigenvalue weighted by Gasteiger charge is -2.15. The SMILES string of the molecule is CCn1cc(C(O)C(O)CSC(C)=O)cn1. The molecule has 0 aliphatic carbocycles. The molecule has 0 saturated carbocycles. The molecule has 0 spiro atoms. The van der Waals surface area contributed by atoms with Crippen LogP contribution in [-0.4, -0.2) is 37.0 Å². The third-order valence-corrected chi connectivity index (χ3v) is 3.06. The average molecular weight is 244 g/mol. The van der Waals surface area contributed by atoms with E-state index in [1.807, 2.05) is 6.92 Å². The van der Waals surface area contributed by atoms with Crippen LogP contribution in [0.5, 0.6) is 0 Å². The zero-order chi connectivity index (χ0) is 12.1. The second kappa shape index (κ2) is 6.03. The Morgan fingerprint density at radius 3 is 2.81 bits per heavy atom. The maximum Gasteiger partial charge on any atom is 0.185 e. The number of aromatic nitrogens is 2. The Morgan fingerprint density at radius 2 is 2.31 bits per heavy atom. The molecule has 5 nitrogen and oxygen atoms in total. The van der Waals surface area contributed by atoms with Gasteiger partial charge in [-0.15, -0.1) is 0 Å². The number of rotatable bonds is 5. The summed E-state index contributed by atoms with van der Waals surface area (Å²) in [5, 5.41) is 23.4. The lowest BCUT2D eigenvalue weighted by Crippen LogP contribution is -2.21. The van der Waals surface area contributed by atoms with E-state index in [1.165, 1.54) is 13.1 Å². The van der Waals surface area contributed by atoms with Crippen molar-refractivity contribution in [3.8, 4) is 0 Å². The predicted octanol–water partition coefficient (Wildman–Crippen LogP) is 0.577. The quantitative estimate of drug-likeness (QED) is 0.792. The number of aliphatic hydroxyl groups is 2. The van der Waals surface area contributed by atoms with Gasteiger partial charge < -0.3 is 10.2 Å². The molecule has 2 unspecified atom stereocenters. The zero-order valence-corrected chi connectivity index (χ0v) is 10.1. The molecule has 1 aromatic heterocycles. The highest BCUT2D eigenvalue weighted by Crippen LogP contribution is 2.19. The van der Waals surface area contributed by atoms with Crippen LogP contribution in [0.15, 0.2) is 12.4 Å². The number of nitrogens with zero attached hydrogens (tertiary/aromatic N) is 2. The maximum atomic E-state index is 10.7. The second-order valence-electron chi connectivity index (χ2n) is 3.44. The molecule has 0 aliphatic heterocycles. The third-order valence-electron chi connectivity index (χ3n) is 2.14. The van der Waals surface area contributed by atoms with Gasteiger partial charge in [0.2, 0.25) is 0 Å². The molecule has 0 bridgehead atoms. The number of carbonyl (C=O) groups is 1. The standard InChI is InChI=1S/C10H16N2O3S/c1-3-12-5-8(4-11-12)10(15)9(14)6-16-7(2)13/h4-5,9-10,14-15H,3,6H2,1-2H3. The normalized spacial score (nSPS) is 14.8. The summed E-state index contributed by atoms with van der Waals surface area (Å²) in [5.41, 5.74) is 0.568. The largest absolute Gasteiger partial charge is 0.389 e. The molecule has 90 valence electrons. The first-order chi connectivity index (χ1) is 7.54. The van der Waals surface area contributed by atoms with Crippen LogP contribution in [0.25, 0.3) is 0 Å². The Kier molecular flexibility index (Phi) is 4.98. The Labute approximate surface area is 98.5 Å². The fourth-order valence-corrected chi connectivity index (χ4v) is 1.81. The highest BCUT2D eigenvalue weighted by Gasteiger charge is 2.20. The van der Waals surface area contributed by atoms with E-state index in [1.54, 1.807) is 10.9 Å². The van der Waals surface area contributed by atoms with Gasteiger partial charge in [0.05, 0.1) is 12.3 Å². The van der Waals surface area contributed by atoms with Gasteiger partial charge in [0.1, 0.15) is 6.10 Å². The van der Waals surface area contributed by atoms with Crippen molar-refractivity contribution in [1.82, 2.24) is 9.78 Å². The molecule has 0 saturated heterocycles. The van der Waals surface area contributed by atoms with Gasteiger partial charge in [-0.25, -0.2) is 0 Å². The van der Waals surface area contributed by atoms with Crippen LogP contribution in [-0.2, 0) is 11.3 Å². The Bertz CT molecular complexity index is 354. The molecular formula is C10H16N2O3S. The van der Waals surface area contributed by atoms with E-state index >= 15 is 0 Å². The highest BCUT2D eigenvalue weighted by atomic mass is 32.2. The minimum Gasteiger partial charge on any atom is -0.389 e. The first kappa shape index (κ1) is 13.2. The van der Waals surface area contributed by atoms with Crippen LogP contribution in [0.2, 0.25) is 0 Å². The molecule has 0 radical (unpaired) electrons. The van der Waals surface area contributed by atoms with Crippen molar-refractivity contribution in [3.63, 3.8) is 0 Å². The Hall–Kier alpha value is -0.850. The molecule has 1 rings (SSSR count). The number of carbonyl (C=O) groups excluding carboxylic acids is 1. The summed E-state index contributed by atoms with van der Waals surface area (Å²) in [4.78, 5) is 10.7. The molecule has 2 atom stereocenters. The van der Waals surface area contributed by atoms with Gasteiger partial charge in [-0.2, -0.15) is 5.10 Å². The summed E-state index contributed by atoms with van der Waals surface area (Å²) in [6, 6.07) is 0. The van der Waals surface area contributed by atoms with Crippen molar-refractivity contribution in [2.24, 2.45) is 0 Å². The molecule has 0 amide bonds. The van der Waals surface area contributed by atoms with Crippen LogP contribution in [0.4, 0.5) is 0 Å². The van der Waals surface area contributed by atoms with Crippen LogP contribution >= 0.6 is 11.8 Å². The van der Waals surface area contributed by atoms with Crippen LogP contribution in [0.1, 0.15) is 25.5 Å². The van der Waals surface area contributed by atoms with Gasteiger partial charge in [-0.3, -0.25) is 9.48 Å². The molecule has 0 aromatic carbocycles. The third kappa shape index (κ3) is 3.62. The van der Waals surface area contributed by atoms with E-state index in [0.717, 1.165) is 11.8 Å². The van der Waals surface area contributed by atoms with Gasteiger partial charge in [0.15, 0.2) is 5.12 Å². The molecule has 0 aliphatic rings. The van der Waals surface area contributed by atoms with Crippen LogP contribution < -0.4 is 0 Å². The van der Waals surface area contributed by atoms with E-state index in [2.05, 4.69) is 5.10 Å². The predicted molar refractivity (Wildman–Crippen MR) is 62.0 cm³/mol. The van der Waals surface area contributed by atoms with Crippen molar-refractivity contribution in [3.05, 3.63) is 18.0 Å². The Morgan fingerprint density at radius 1 is 1.62 bits per heavy atom. The number of aliphatic hydroxyl groups excluding tert-OH is 2. The average Bonchev–Trinajstić information content (AvgIpc) is 2.73. The fourth-order valence-electron chi connectivity index (χ4n) is 1.22. The summed E-state index contributed by atoms with van der Waals surface area (Å²) in [6.45, 7) is 4.08. The topological polar surface area (TPSA) is 75.3 Å². The summed E-state index contributed by atoms with van der Waals surface area (Å²) in [7, 11) is 0. The summed E-state index contributed by atoms with van der Waals surface area (Å²) in [5.74, 6) is 0.188. The van der Waals surface area contributed by atoms with E-state index in [4.69, 9.17) is 0 Å². The monoisotopic (exact) mass is 244 g/mol. The van der Waals surface area contributed by atoms with Crippen molar-refractivity contribution in [2.75, 3.05) is 5.75 Å². The number of thioether (sulfide) groups is 1. The number of aryl methyl sites for hydroxylation is 1. The summed E-state index contributed by atoms with van der Waals surface area (Å²) < 4.78 is 1.67. The van der Waals surface area contributed by atoms with E-state index < -0.39 is 12.2 Å². The highest BCUT2D eigenvalue weighted by molar-refractivity contribution is 8.13. The van der Waals surface area contributed by atoms with Gasteiger partial charge >= 0.3 is 0 Å². The van der Waals surface area contributed by atoms with E-state index in [9.17, 15) is 15.0 Å². The fraction of sp³-hybridized carbons (Fsp3) is 0.600. The number of hydrogen-bond donors (Lipinski definition) is 2.